The van der Waals surface area contributed by atoms with E-state index in [9.17, 15) is 9.18 Å². The predicted molar refractivity (Wildman–Crippen MR) is 125 cm³/mol. The van der Waals surface area contributed by atoms with Crippen molar-refractivity contribution < 1.29 is 18.7 Å². The number of rotatable bonds is 7. The van der Waals surface area contributed by atoms with Gasteiger partial charge in [-0.15, -0.1) is 0 Å². The van der Waals surface area contributed by atoms with Gasteiger partial charge in [0.15, 0.2) is 0 Å². The highest BCUT2D eigenvalue weighted by atomic mass is 19.1. The largest absolute Gasteiger partial charge is 0.497 e. The Morgan fingerprint density at radius 3 is 2.45 bits per heavy atom. The monoisotopic (exact) mass is 454 g/mol. The summed E-state index contributed by atoms with van der Waals surface area (Å²) in [5.74, 6) is 0.840. The maximum Gasteiger partial charge on any atom is 0.257 e. The molecule has 0 bridgehead atoms. The van der Waals surface area contributed by atoms with Crippen LogP contribution in [-0.4, -0.2) is 79.9 Å². The van der Waals surface area contributed by atoms with Crippen LogP contribution < -0.4 is 9.47 Å². The van der Waals surface area contributed by atoms with E-state index < -0.39 is 6.04 Å². The van der Waals surface area contributed by atoms with Gasteiger partial charge < -0.3 is 14.4 Å². The second-order valence-corrected chi connectivity index (χ2v) is 8.30. The number of halogens is 1. The molecule has 1 amide bonds. The predicted octanol–water partition coefficient (Wildman–Crippen LogP) is 3.16. The highest BCUT2D eigenvalue weighted by molar-refractivity contribution is 6.03. The number of methoxy groups -OCH3 is 2. The molecule has 1 fully saturated rings. The molecule has 7 nitrogen and oxygen atoms in total. The number of likely N-dealkylation sites (N-methyl/N-ethyl adjacent to an activating group) is 1. The third-order valence-corrected chi connectivity index (χ3v) is 6.42. The second kappa shape index (κ2) is 10.3. The third kappa shape index (κ3) is 5.02. The smallest absolute Gasteiger partial charge is 0.257 e. The zero-order valence-electron chi connectivity index (χ0n) is 19.5. The van der Waals surface area contributed by atoms with Crippen LogP contribution in [0.5, 0.6) is 11.5 Å². The van der Waals surface area contributed by atoms with E-state index in [1.165, 1.54) is 11.1 Å². The Kier molecular flexibility index (Phi) is 7.25. The minimum atomic E-state index is -0.408. The summed E-state index contributed by atoms with van der Waals surface area (Å²) in [6.45, 7) is 7.00. The van der Waals surface area contributed by atoms with Crippen molar-refractivity contribution in [2.45, 2.75) is 19.4 Å². The van der Waals surface area contributed by atoms with E-state index in [2.05, 4.69) is 21.8 Å². The minimum Gasteiger partial charge on any atom is -0.497 e. The van der Waals surface area contributed by atoms with Crippen molar-refractivity contribution in [2.24, 2.45) is 5.10 Å². The van der Waals surface area contributed by atoms with Crippen molar-refractivity contribution in [3.8, 4) is 11.5 Å². The van der Waals surface area contributed by atoms with Crippen molar-refractivity contribution in [3.63, 3.8) is 0 Å². The first-order chi connectivity index (χ1) is 16.0. The zero-order valence-corrected chi connectivity index (χ0v) is 19.5. The Labute approximate surface area is 194 Å². The van der Waals surface area contributed by atoms with Gasteiger partial charge >= 0.3 is 0 Å². The molecule has 0 saturated carbocycles. The molecule has 1 saturated heterocycles. The number of amides is 1. The summed E-state index contributed by atoms with van der Waals surface area (Å²) in [5, 5.41) is 6.14. The number of piperazine rings is 1. The molecule has 8 heteroatoms. The number of benzene rings is 2. The summed E-state index contributed by atoms with van der Waals surface area (Å²) in [4.78, 5) is 18.0. The van der Waals surface area contributed by atoms with Crippen LogP contribution in [0.2, 0.25) is 0 Å². The van der Waals surface area contributed by atoms with Gasteiger partial charge in [0.25, 0.3) is 5.91 Å². The third-order valence-electron chi connectivity index (χ3n) is 6.42. The van der Waals surface area contributed by atoms with E-state index in [0.29, 0.717) is 29.2 Å². The summed E-state index contributed by atoms with van der Waals surface area (Å²) in [5.41, 5.74) is 1.75. The van der Waals surface area contributed by atoms with E-state index in [-0.39, 0.29) is 18.3 Å². The van der Waals surface area contributed by atoms with Gasteiger partial charge in [0.05, 0.1) is 32.5 Å². The van der Waals surface area contributed by atoms with Crippen LogP contribution in [0.25, 0.3) is 0 Å². The molecule has 2 aliphatic rings. The molecule has 2 aromatic carbocycles. The van der Waals surface area contributed by atoms with E-state index in [0.717, 1.165) is 38.3 Å². The normalized spacial score (nSPS) is 19.5. The Balaban J connectivity index is 1.64. The molecule has 4 rings (SSSR count). The number of carbonyl (C=O) groups is 1. The summed E-state index contributed by atoms with van der Waals surface area (Å²) in [6, 6.07) is 11.6. The number of hydrogen-bond donors (Lipinski definition) is 0. The first kappa shape index (κ1) is 23.2. The van der Waals surface area contributed by atoms with Crippen molar-refractivity contribution in [3.05, 3.63) is 59.4 Å². The van der Waals surface area contributed by atoms with Crippen LogP contribution in [-0.2, 0) is 4.79 Å². The fourth-order valence-electron chi connectivity index (χ4n) is 4.47. The molecule has 176 valence electrons. The van der Waals surface area contributed by atoms with E-state index in [4.69, 9.17) is 9.47 Å². The average molecular weight is 455 g/mol. The lowest BCUT2D eigenvalue weighted by Crippen LogP contribution is -2.49. The van der Waals surface area contributed by atoms with Crippen molar-refractivity contribution in [1.82, 2.24) is 14.8 Å². The zero-order chi connectivity index (χ0) is 23.4. The molecule has 33 heavy (non-hydrogen) atoms. The fourth-order valence-corrected chi connectivity index (χ4v) is 4.47. The van der Waals surface area contributed by atoms with Gasteiger partial charge in [0.2, 0.25) is 0 Å². The Bertz CT molecular complexity index is 1020. The van der Waals surface area contributed by atoms with Gasteiger partial charge in [-0.3, -0.25) is 9.69 Å². The van der Waals surface area contributed by atoms with Crippen molar-refractivity contribution in [1.29, 1.82) is 0 Å². The molecule has 0 aromatic heterocycles. The lowest BCUT2D eigenvalue weighted by atomic mass is 9.97. The van der Waals surface area contributed by atoms with Gasteiger partial charge in [-0.05, 0) is 30.8 Å². The molecule has 2 heterocycles. The van der Waals surface area contributed by atoms with Gasteiger partial charge in [-0.1, -0.05) is 25.1 Å². The maximum absolute atomic E-state index is 14.6. The Morgan fingerprint density at radius 1 is 1.06 bits per heavy atom. The lowest BCUT2D eigenvalue weighted by molar-refractivity contribution is -0.134. The first-order valence-corrected chi connectivity index (χ1v) is 11.3. The Morgan fingerprint density at radius 2 is 1.79 bits per heavy atom. The van der Waals surface area contributed by atoms with Crippen molar-refractivity contribution in [2.75, 3.05) is 53.5 Å². The highest BCUT2D eigenvalue weighted by Gasteiger charge is 2.36. The minimum absolute atomic E-state index is 0.110. The van der Waals surface area contributed by atoms with E-state index in [1.54, 1.807) is 32.4 Å². The molecular weight excluding hydrogens is 423 g/mol. The average Bonchev–Trinajstić information content (AvgIpc) is 3.29. The SMILES string of the molecule is CCN1CCN(CC(=O)N2N=C(c3ccccc3F)C[C@H]2c2cc(OC)ccc2OC)CC1. The molecule has 2 aromatic rings. The fraction of sp³-hybridized carbons (Fsp3) is 0.440. The molecule has 0 spiro atoms. The molecule has 1 atom stereocenters. The van der Waals surface area contributed by atoms with Crippen molar-refractivity contribution >= 4 is 11.6 Å². The molecule has 0 aliphatic carbocycles. The van der Waals surface area contributed by atoms with Crippen LogP contribution in [0.15, 0.2) is 47.6 Å². The number of nitrogens with zero attached hydrogens (tertiary/aromatic N) is 4. The number of ether oxygens (including phenoxy) is 2. The van der Waals surface area contributed by atoms with Crippen LogP contribution in [0, 0.1) is 5.82 Å². The summed E-state index contributed by atoms with van der Waals surface area (Å²) >= 11 is 0. The van der Waals surface area contributed by atoms with E-state index >= 15 is 0 Å². The molecule has 0 radical (unpaired) electrons. The topological polar surface area (TPSA) is 57.6 Å². The quantitative estimate of drug-likeness (QED) is 0.643. The van der Waals surface area contributed by atoms with Crippen LogP contribution in [0.3, 0.4) is 0 Å². The summed E-state index contributed by atoms with van der Waals surface area (Å²) < 4.78 is 25.6. The second-order valence-electron chi connectivity index (χ2n) is 8.30. The van der Waals surface area contributed by atoms with Gasteiger partial charge in [-0.25, -0.2) is 9.40 Å². The number of carbonyl (C=O) groups excluding carboxylic acids is 1. The molecular formula is C25H31FN4O3. The molecule has 0 unspecified atom stereocenters. The molecule has 0 N–H and O–H groups in total. The van der Waals surface area contributed by atoms with E-state index in [1.807, 2.05) is 18.2 Å². The number of hydrazone groups is 1. The van der Waals surface area contributed by atoms with Crippen LogP contribution in [0.4, 0.5) is 4.39 Å². The van der Waals surface area contributed by atoms with Crippen LogP contribution >= 0.6 is 0 Å². The van der Waals surface area contributed by atoms with Gasteiger partial charge in [0, 0.05) is 43.7 Å². The Hall–Kier alpha value is -2.97. The number of hydrogen-bond acceptors (Lipinski definition) is 6. The standard InChI is InChI=1S/C25H31FN4O3/c1-4-28-11-13-29(14-12-28)17-25(31)30-23(20-15-18(32-2)9-10-24(20)33-3)16-22(27-30)19-7-5-6-8-21(19)26/h5-10,15,23H,4,11-14,16-17H2,1-3H3/t23-/m0/s1. The van der Waals surface area contributed by atoms with Gasteiger partial charge in [0.1, 0.15) is 17.3 Å². The summed E-state index contributed by atoms with van der Waals surface area (Å²) in [6.07, 6.45) is 0.389. The first-order valence-electron chi connectivity index (χ1n) is 11.3. The maximum atomic E-state index is 14.6. The lowest BCUT2D eigenvalue weighted by Gasteiger charge is -2.34. The molecule has 2 aliphatic heterocycles. The van der Waals surface area contributed by atoms with Crippen LogP contribution in [0.1, 0.15) is 30.5 Å². The summed E-state index contributed by atoms with van der Waals surface area (Å²) in [7, 11) is 3.19. The highest BCUT2D eigenvalue weighted by Crippen LogP contribution is 2.39. The van der Waals surface area contributed by atoms with Gasteiger partial charge in [-0.2, -0.15) is 5.10 Å².